The van der Waals surface area contributed by atoms with Crippen molar-refractivity contribution in [2.45, 2.75) is 19.5 Å². The van der Waals surface area contributed by atoms with Gasteiger partial charge in [-0.15, -0.1) is 11.3 Å². The molecule has 1 heterocycles. The minimum absolute atomic E-state index is 0.303. The number of halogens is 1. The summed E-state index contributed by atoms with van der Waals surface area (Å²) in [6, 6.07) is 10.4. The third-order valence-electron chi connectivity index (χ3n) is 2.82. The Morgan fingerprint density at radius 2 is 2.06 bits per heavy atom. The molecule has 1 aromatic carbocycles. The molecule has 1 atom stereocenters. The lowest BCUT2D eigenvalue weighted by Gasteiger charge is -2.14. The predicted molar refractivity (Wildman–Crippen MR) is 77.6 cm³/mol. The molecule has 2 aromatic rings. The molecule has 1 N–H and O–H groups in total. The van der Waals surface area contributed by atoms with Crippen LogP contribution in [0.2, 0.25) is 5.02 Å². The number of rotatable bonds is 5. The van der Waals surface area contributed by atoms with E-state index >= 15 is 0 Å². The fourth-order valence-electron chi connectivity index (χ4n) is 1.71. The van der Waals surface area contributed by atoms with Gasteiger partial charge in [-0.2, -0.15) is 0 Å². The Labute approximate surface area is 117 Å². The van der Waals surface area contributed by atoms with E-state index in [0.29, 0.717) is 6.04 Å². The van der Waals surface area contributed by atoms with E-state index in [1.54, 1.807) is 18.4 Å². The molecule has 4 heteroatoms. The number of hydrogen-bond donors (Lipinski definition) is 1. The first-order valence-corrected chi connectivity index (χ1v) is 7.05. The first-order valence-electron chi connectivity index (χ1n) is 5.79. The zero-order valence-electron chi connectivity index (χ0n) is 10.4. The number of benzene rings is 1. The smallest absolute Gasteiger partial charge is 0.118 e. The fraction of sp³-hybridized carbons (Fsp3) is 0.286. The second-order valence-corrected chi connectivity index (χ2v) is 5.54. The Morgan fingerprint density at radius 3 is 2.61 bits per heavy atom. The molecule has 0 radical (unpaired) electrons. The third kappa shape index (κ3) is 3.48. The van der Waals surface area contributed by atoms with Gasteiger partial charge >= 0.3 is 0 Å². The summed E-state index contributed by atoms with van der Waals surface area (Å²) in [6.45, 7) is 2.99. The van der Waals surface area contributed by atoms with Gasteiger partial charge in [0.1, 0.15) is 5.75 Å². The fourth-order valence-corrected chi connectivity index (χ4v) is 2.73. The average Bonchev–Trinajstić information content (AvgIpc) is 2.82. The van der Waals surface area contributed by atoms with Gasteiger partial charge in [-0.1, -0.05) is 23.7 Å². The van der Waals surface area contributed by atoms with Crippen LogP contribution in [0.4, 0.5) is 0 Å². The first kappa shape index (κ1) is 13.4. The predicted octanol–water partition coefficient (Wildman–Crippen LogP) is 4.26. The molecule has 18 heavy (non-hydrogen) atoms. The second-order valence-electron chi connectivity index (χ2n) is 4.11. The van der Waals surface area contributed by atoms with Crippen molar-refractivity contribution in [1.29, 1.82) is 0 Å². The topological polar surface area (TPSA) is 21.3 Å². The lowest BCUT2D eigenvalue weighted by Crippen LogP contribution is -2.17. The minimum atomic E-state index is 0.303. The monoisotopic (exact) mass is 281 g/mol. The van der Waals surface area contributed by atoms with E-state index in [2.05, 4.69) is 24.4 Å². The molecule has 0 unspecified atom stereocenters. The summed E-state index contributed by atoms with van der Waals surface area (Å²) in [5, 5.41) is 6.25. The zero-order chi connectivity index (χ0) is 13.0. The van der Waals surface area contributed by atoms with Gasteiger partial charge in [0.2, 0.25) is 0 Å². The maximum absolute atomic E-state index is 5.89. The van der Waals surface area contributed by atoms with Crippen LogP contribution in [-0.4, -0.2) is 7.11 Å². The molecule has 96 valence electrons. The SMILES string of the molecule is COc1ccc([C@H](C)NCc2cc(Cl)cs2)cc1. The van der Waals surface area contributed by atoms with Crippen LogP contribution in [0.25, 0.3) is 0 Å². The number of nitrogens with one attached hydrogen (secondary N) is 1. The summed E-state index contributed by atoms with van der Waals surface area (Å²) >= 11 is 7.57. The largest absolute Gasteiger partial charge is 0.497 e. The molecule has 0 aliphatic heterocycles. The van der Waals surface area contributed by atoms with Crippen molar-refractivity contribution < 1.29 is 4.74 Å². The highest BCUT2D eigenvalue weighted by Gasteiger charge is 2.06. The summed E-state index contributed by atoms with van der Waals surface area (Å²) in [7, 11) is 1.68. The van der Waals surface area contributed by atoms with Gasteiger partial charge in [0, 0.05) is 22.8 Å². The molecule has 0 saturated carbocycles. The summed E-state index contributed by atoms with van der Waals surface area (Å²) in [5.41, 5.74) is 1.25. The molecule has 0 amide bonds. The van der Waals surface area contributed by atoms with Crippen molar-refractivity contribution in [2.24, 2.45) is 0 Å². The van der Waals surface area contributed by atoms with Gasteiger partial charge in [0.25, 0.3) is 0 Å². The number of methoxy groups -OCH3 is 1. The van der Waals surface area contributed by atoms with Crippen LogP contribution in [0.3, 0.4) is 0 Å². The molecule has 2 nitrogen and oxygen atoms in total. The maximum Gasteiger partial charge on any atom is 0.118 e. The summed E-state index contributed by atoms with van der Waals surface area (Å²) in [5.74, 6) is 0.885. The molecule has 0 spiro atoms. The quantitative estimate of drug-likeness (QED) is 0.884. The van der Waals surface area contributed by atoms with Crippen LogP contribution in [0.1, 0.15) is 23.4 Å². The molecule has 0 fully saturated rings. The highest BCUT2D eigenvalue weighted by atomic mass is 35.5. The molecule has 0 aliphatic rings. The third-order valence-corrected chi connectivity index (χ3v) is 4.10. The van der Waals surface area contributed by atoms with E-state index in [0.717, 1.165) is 17.3 Å². The van der Waals surface area contributed by atoms with Crippen LogP contribution in [-0.2, 0) is 6.54 Å². The highest BCUT2D eigenvalue weighted by Crippen LogP contribution is 2.21. The van der Waals surface area contributed by atoms with Gasteiger partial charge < -0.3 is 10.1 Å². The minimum Gasteiger partial charge on any atom is -0.497 e. The molecule has 1 aromatic heterocycles. The van der Waals surface area contributed by atoms with Gasteiger partial charge in [0.15, 0.2) is 0 Å². The maximum atomic E-state index is 5.89. The van der Waals surface area contributed by atoms with Gasteiger partial charge in [0.05, 0.1) is 12.1 Å². The van der Waals surface area contributed by atoms with Crippen molar-refractivity contribution >= 4 is 22.9 Å². The average molecular weight is 282 g/mol. The van der Waals surface area contributed by atoms with Gasteiger partial charge in [-0.05, 0) is 30.7 Å². The van der Waals surface area contributed by atoms with E-state index in [4.69, 9.17) is 16.3 Å². The van der Waals surface area contributed by atoms with E-state index in [1.807, 2.05) is 23.6 Å². The second kappa shape index (κ2) is 6.23. The van der Waals surface area contributed by atoms with E-state index in [9.17, 15) is 0 Å². The van der Waals surface area contributed by atoms with Crippen LogP contribution < -0.4 is 10.1 Å². The summed E-state index contributed by atoms with van der Waals surface area (Å²) in [4.78, 5) is 1.25. The molecular formula is C14H16ClNOS. The number of ether oxygens (including phenoxy) is 1. The lowest BCUT2D eigenvalue weighted by molar-refractivity contribution is 0.414. The Bertz CT molecular complexity index is 495. The van der Waals surface area contributed by atoms with Gasteiger partial charge in [-0.25, -0.2) is 0 Å². The Kier molecular flexibility index (Phi) is 4.64. The first-order chi connectivity index (χ1) is 8.69. The van der Waals surface area contributed by atoms with Crippen molar-refractivity contribution in [2.75, 3.05) is 7.11 Å². The lowest BCUT2D eigenvalue weighted by atomic mass is 10.1. The van der Waals surface area contributed by atoms with Gasteiger partial charge in [-0.3, -0.25) is 0 Å². The zero-order valence-corrected chi connectivity index (χ0v) is 12.0. The van der Waals surface area contributed by atoms with Crippen LogP contribution in [0.15, 0.2) is 35.7 Å². The van der Waals surface area contributed by atoms with Crippen LogP contribution in [0.5, 0.6) is 5.75 Å². The normalized spacial score (nSPS) is 12.4. The molecular weight excluding hydrogens is 266 g/mol. The Hall–Kier alpha value is -1.03. The molecule has 2 rings (SSSR count). The van der Waals surface area contributed by atoms with Crippen LogP contribution >= 0.6 is 22.9 Å². The van der Waals surface area contributed by atoms with Crippen LogP contribution in [0, 0.1) is 0 Å². The number of hydrogen-bond acceptors (Lipinski definition) is 3. The molecule has 0 bridgehead atoms. The summed E-state index contributed by atoms with van der Waals surface area (Å²) < 4.78 is 5.15. The van der Waals surface area contributed by atoms with Crippen molar-refractivity contribution in [1.82, 2.24) is 5.32 Å². The summed E-state index contributed by atoms with van der Waals surface area (Å²) in [6.07, 6.45) is 0. The highest BCUT2D eigenvalue weighted by molar-refractivity contribution is 7.10. The van der Waals surface area contributed by atoms with Crippen molar-refractivity contribution in [3.8, 4) is 5.75 Å². The van der Waals surface area contributed by atoms with E-state index in [-0.39, 0.29) is 0 Å². The standard InChI is InChI=1S/C14H16ClNOS/c1-10(11-3-5-13(17-2)6-4-11)16-8-14-7-12(15)9-18-14/h3-7,9-10,16H,8H2,1-2H3/t10-/m0/s1. The number of thiophene rings is 1. The molecule has 0 aliphatic carbocycles. The van der Waals surface area contributed by atoms with Crippen molar-refractivity contribution in [3.63, 3.8) is 0 Å². The van der Waals surface area contributed by atoms with Crippen molar-refractivity contribution in [3.05, 3.63) is 51.2 Å². The van der Waals surface area contributed by atoms with E-state index < -0.39 is 0 Å². The Morgan fingerprint density at radius 1 is 1.33 bits per heavy atom. The van der Waals surface area contributed by atoms with E-state index in [1.165, 1.54) is 10.4 Å². The molecule has 0 saturated heterocycles. The Balaban J connectivity index is 1.92.